The summed E-state index contributed by atoms with van der Waals surface area (Å²) in [5.74, 6) is -4.56. The minimum absolute atomic E-state index is 0.336. The number of carbonyl (C=O) groups excluding carboxylic acids is 2. The Morgan fingerprint density at radius 1 is 0.562 bits per heavy atom. The molecular weight excluding hydrogens is 412 g/mol. The van der Waals surface area contributed by atoms with E-state index in [1.807, 2.05) is 13.8 Å². The van der Waals surface area contributed by atoms with Crippen LogP contribution < -0.4 is 10.6 Å². The van der Waals surface area contributed by atoms with Crippen molar-refractivity contribution in [3.63, 3.8) is 0 Å². The van der Waals surface area contributed by atoms with Crippen LogP contribution in [0.15, 0.2) is 60.7 Å². The predicted molar refractivity (Wildman–Crippen MR) is 119 cm³/mol. The van der Waals surface area contributed by atoms with Gasteiger partial charge in [0.05, 0.1) is 22.3 Å². The van der Waals surface area contributed by atoms with Crippen molar-refractivity contribution in [3.8, 4) is 0 Å². The Morgan fingerprint density at radius 3 is 1.19 bits per heavy atom. The highest BCUT2D eigenvalue weighted by atomic mass is 16.4. The van der Waals surface area contributed by atoms with Gasteiger partial charge in [0.2, 0.25) is 0 Å². The zero-order valence-electron chi connectivity index (χ0n) is 17.3. The highest BCUT2D eigenvalue weighted by Gasteiger charge is 2.26. The lowest BCUT2D eigenvalue weighted by atomic mass is 9.96. The van der Waals surface area contributed by atoms with Crippen molar-refractivity contribution >= 4 is 35.1 Å². The molecule has 3 aromatic rings. The van der Waals surface area contributed by atoms with Gasteiger partial charge < -0.3 is 20.8 Å². The van der Waals surface area contributed by atoms with Crippen LogP contribution in [0.5, 0.6) is 0 Å². The number of carboxylic acid groups (broad SMARTS) is 2. The first-order chi connectivity index (χ1) is 15.2. The van der Waals surface area contributed by atoms with Crippen molar-refractivity contribution in [2.75, 3.05) is 10.6 Å². The zero-order chi connectivity index (χ0) is 23.4. The minimum atomic E-state index is -1.49. The predicted octanol–water partition coefficient (Wildman–Crippen LogP) is 4.20. The summed E-state index contributed by atoms with van der Waals surface area (Å²) in [7, 11) is 0. The SMILES string of the molecule is Cc1ccc(NC(=O)c2cc(C(=O)Nc3ccc(C)cc3)c(C(=O)O)cc2C(=O)O)cc1. The number of benzene rings is 3. The molecule has 8 heteroatoms. The van der Waals surface area contributed by atoms with Crippen LogP contribution in [0.2, 0.25) is 0 Å². The lowest BCUT2D eigenvalue weighted by molar-refractivity contribution is 0.0690. The molecular formula is C24H20N2O6. The maximum atomic E-state index is 12.8. The van der Waals surface area contributed by atoms with Crippen molar-refractivity contribution in [1.29, 1.82) is 0 Å². The number of anilines is 2. The second-order valence-corrected chi connectivity index (χ2v) is 7.19. The molecule has 3 aromatic carbocycles. The second kappa shape index (κ2) is 9.13. The number of carboxylic acids is 2. The van der Waals surface area contributed by atoms with Gasteiger partial charge >= 0.3 is 11.9 Å². The Hall–Kier alpha value is -4.46. The van der Waals surface area contributed by atoms with E-state index >= 15 is 0 Å². The maximum absolute atomic E-state index is 12.8. The third kappa shape index (κ3) is 4.99. The first-order valence-corrected chi connectivity index (χ1v) is 9.56. The molecule has 0 saturated heterocycles. The fourth-order valence-electron chi connectivity index (χ4n) is 3.00. The normalized spacial score (nSPS) is 10.3. The van der Waals surface area contributed by atoms with Crippen LogP contribution in [-0.2, 0) is 0 Å². The number of nitrogens with one attached hydrogen (secondary N) is 2. The van der Waals surface area contributed by atoms with Gasteiger partial charge in [-0.15, -0.1) is 0 Å². The maximum Gasteiger partial charge on any atom is 0.336 e. The van der Waals surface area contributed by atoms with E-state index in [4.69, 9.17) is 0 Å². The summed E-state index contributed by atoms with van der Waals surface area (Å²) in [6.45, 7) is 3.75. The summed E-state index contributed by atoms with van der Waals surface area (Å²) in [4.78, 5) is 49.1. The molecule has 3 rings (SSSR count). The molecule has 8 nitrogen and oxygen atoms in total. The summed E-state index contributed by atoms with van der Waals surface area (Å²) in [6.07, 6.45) is 0. The number of amides is 2. The minimum Gasteiger partial charge on any atom is -0.478 e. The number of aryl methyl sites for hydroxylation is 2. The standard InChI is InChI=1S/C24H20N2O6/c1-13-3-7-15(8-4-13)25-21(27)17-11-18(20(24(31)32)12-19(17)23(29)30)22(28)26-16-9-5-14(2)6-10-16/h3-12H,1-2H3,(H,25,27)(H,26,28)(H,29,30)(H,31,32). The van der Waals surface area contributed by atoms with Gasteiger partial charge in [0.1, 0.15) is 0 Å². The van der Waals surface area contributed by atoms with E-state index < -0.39 is 34.9 Å². The molecule has 0 unspecified atom stereocenters. The van der Waals surface area contributed by atoms with E-state index in [0.29, 0.717) is 11.4 Å². The quantitative estimate of drug-likeness (QED) is 0.461. The van der Waals surface area contributed by atoms with E-state index in [0.717, 1.165) is 23.3 Å². The number of carbonyl (C=O) groups is 4. The molecule has 0 fully saturated rings. The number of rotatable bonds is 6. The van der Waals surface area contributed by atoms with Crippen LogP contribution in [0.3, 0.4) is 0 Å². The first kappa shape index (κ1) is 22.2. The van der Waals surface area contributed by atoms with E-state index in [1.165, 1.54) is 0 Å². The zero-order valence-corrected chi connectivity index (χ0v) is 17.3. The largest absolute Gasteiger partial charge is 0.478 e. The molecule has 2 amide bonds. The van der Waals surface area contributed by atoms with E-state index in [9.17, 15) is 29.4 Å². The van der Waals surface area contributed by atoms with Crippen molar-refractivity contribution in [1.82, 2.24) is 0 Å². The number of hydrogen-bond acceptors (Lipinski definition) is 4. The third-order valence-electron chi connectivity index (χ3n) is 4.73. The molecule has 0 bridgehead atoms. The van der Waals surface area contributed by atoms with Crippen LogP contribution >= 0.6 is 0 Å². The Balaban J connectivity index is 2.03. The monoisotopic (exact) mass is 432 g/mol. The molecule has 4 N–H and O–H groups in total. The fourth-order valence-corrected chi connectivity index (χ4v) is 3.00. The summed E-state index contributed by atoms with van der Waals surface area (Å²) in [5, 5.41) is 24.2. The summed E-state index contributed by atoms with van der Waals surface area (Å²) in [6, 6.07) is 15.4. The molecule has 0 atom stereocenters. The van der Waals surface area contributed by atoms with Gasteiger partial charge in [0.25, 0.3) is 11.8 Å². The lowest BCUT2D eigenvalue weighted by Gasteiger charge is -2.13. The number of hydrogen-bond donors (Lipinski definition) is 4. The van der Waals surface area contributed by atoms with Crippen LogP contribution in [0.25, 0.3) is 0 Å². The smallest absolute Gasteiger partial charge is 0.336 e. The molecule has 0 radical (unpaired) electrons. The Labute approximate surface area is 183 Å². The highest BCUT2D eigenvalue weighted by Crippen LogP contribution is 2.22. The summed E-state index contributed by atoms with van der Waals surface area (Å²) < 4.78 is 0. The Bertz CT molecular complexity index is 1120. The second-order valence-electron chi connectivity index (χ2n) is 7.19. The fraction of sp³-hybridized carbons (Fsp3) is 0.0833. The molecule has 0 heterocycles. The molecule has 0 aliphatic heterocycles. The Kier molecular flexibility index (Phi) is 6.34. The number of aromatic carboxylic acids is 2. The van der Waals surface area contributed by atoms with Gasteiger partial charge in [-0.2, -0.15) is 0 Å². The average molecular weight is 432 g/mol. The van der Waals surface area contributed by atoms with Gasteiger partial charge in [0.15, 0.2) is 0 Å². The lowest BCUT2D eigenvalue weighted by Crippen LogP contribution is -2.22. The summed E-state index contributed by atoms with van der Waals surface area (Å²) >= 11 is 0. The van der Waals surface area contributed by atoms with E-state index in [1.54, 1.807) is 48.5 Å². The van der Waals surface area contributed by atoms with Gasteiger partial charge in [-0.3, -0.25) is 9.59 Å². The molecule has 0 aliphatic rings. The van der Waals surface area contributed by atoms with Gasteiger partial charge in [0, 0.05) is 11.4 Å². The molecule has 162 valence electrons. The average Bonchev–Trinajstić information content (AvgIpc) is 2.75. The summed E-state index contributed by atoms with van der Waals surface area (Å²) in [5.41, 5.74) is 1.05. The van der Waals surface area contributed by atoms with Gasteiger partial charge in [-0.1, -0.05) is 35.4 Å². The van der Waals surface area contributed by atoms with Crippen LogP contribution in [0.4, 0.5) is 11.4 Å². The van der Waals surface area contributed by atoms with Gasteiger partial charge in [-0.25, -0.2) is 9.59 Å². The molecule has 0 spiro atoms. The molecule has 0 aliphatic carbocycles. The molecule has 0 aromatic heterocycles. The molecule has 32 heavy (non-hydrogen) atoms. The van der Waals surface area contributed by atoms with E-state index in [2.05, 4.69) is 10.6 Å². The van der Waals surface area contributed by atoms with Crippen LogP contribution in [0, 0.1) is 13.8 Å². The van der Waals surface area contributed by atoms with Crippen molar-refractivity contribution in [3.05, 3.63) is 94.0 Å². The van der Waals surface area contributed by atoms with Gasteiger partial charge in [-0.05, 0) is 50.2 Å². The first-order valence-electron chi connectivity index (χ1n) is 9.56. The van der Waals surface area contributed by atoms with Crippen molar-refractivity contribution < 1.29 is 29.4 Å². The third-order valence-corrected chi connectivity index (χ3v) is 4.73. The van der Waals surface area contributed by atoms with Crippen molar-refractivity contribution in [2.24, 2.45) is 0 Å². The topological polar surface area (TPSA) is 133 Å². The van der Waals surface area contributed by atoms with E-state index in [-0.39, 0.29) is 11.1 Å². The van der Waals surface area contributed by atoms with Crippen LogP contribution in [-0.4, -0.2) is 34.0 Å². The van der Waals surface area contributed by atoms with Crippen molar-refractivity contribution in [2.45, 2.75) is 13.8 Å². The van der Waals surface area contributed by atoms with Crippen LogP contribution in [0.1, 0.15) is 52.6 Å². The molecule has 0 saturated carbocycles. The highest BCUT2D eigenvalue weighted by molar-refractivity contribution is 6.16. The Morgan fingerprint density at radius 2 is 0.875 bits per heavy atom.